The zero-order chi connectivity index (χ0) is 17.4. The highest BCUT2D eigenvalue weighted by atomic mass is 16.5. The molecule has 3 heteroatoms. The molecule has 2 aliphatic rings. The van der Waals surface area contributed by atoms with Gasteiger partial charge in [0, 0.05) is 5.92 Å². The Morgan fingerprint density at radius 3 is 2.48 bits per heavy atom. The first kappa shape index (κ1) is 18.5. The number of carbonyl (C=O) groups is 1. The van der Waals surface area contributed by atoms with Gasteiger partial charge in [0.15, 0.2) is 0 Å². The van der Waals surface area contributed by atoms with E-state index in [1.807, 2.05) is 13.0 Å². The first-order valence-electron chi connectivity index (χ1n) is 9.20. The van der Waals surface area contributed by atoms with Crippen LogP contribution in [0.4, 0.5) is 0 Å². The molecule has 1 N–H and O–H groups in total. The van der Waals surface area contributed by atoms with Gasteiger partial charge in [-0.1, -0.05) is 47.1 Å². The number of aliphatic hydroxyl groups is 1. The van der Waals surface area contributed by atoms with Crippen LogP contribution in [0.5, 0.6) is 0 Å². The zero-order valence-electron chi connectivity index (χ0n) is 15.6. The van der Waals surface area contributed by atoms with Crippen molar-refractivity contribution in [1.29, 1.82) is 0 Å². The molecule has 0 bridgehead atoms. The molecule has 2 fully saturated rings. The summed E-state index contributed by atoms with van der Waals surface area (Å²) in [5, 5.41) is 9.52. The van der Waals surface area contributed by atoms with E-state index < -0.39 is 0 Å². The Hall–Kier alpha value is -0.830. The third-order valence-electron chi connectivity index (χ3n) is 6.26. The topological polar surface area (TPSA) is 46.5 Å². The monoisotopic (exact) mass is 322 g/mol. The van der Waals surface area contributed by atoms with Gasteiger partial charge in [-0.25, -0.2) is 0 Å². The summed E-state index contributed by atoms with van der Waals surface area (Å²) in [5.74, 6) is 1.63. The van der Waals surface area contributed by atoms with Gasteiger partial charge < -0.3 is 9.84 Å². The fourth-order valence-corrected chi connectivity index (χ4v) is 4.61. The van der Waals surface area contributed by atoms with Gasteiger partial charge >= 0.3 is 5.97 Å². The van der Waals surface area contributed by atoms with Crippen molar-refractivity contribution in [2.24, 2.45) is 35.0 Å². The Kier molecular flexibility index (Phi) is 5.60. The second-order valence-electron chi connectivity index (χ2n) is 8.60. The van der Waals surface area contributed by atoms with Crippen LogP contribution in [0, 0.1) is 35.0 Å². The van der Waals surface area contributed by atoms with Crippen LogP contribution in [0.1, 0.15) is 60.8 Å². The van der Waals surface area contributed by atoms with E-state index in [1.54, 1.807) is 0 Å². The molecule has 0 amide bonds. The molecular formula is C20H34O3. The zero-order valence-corrected chi connectivity index (χ0v) is 15.6. The number of rotatable bonds is 5. The Balaban J connectivity index is 2.06. The minimum Gasteiger partial charge on any atom is -0.462 e. The minimum absolute atomic E-state index is 0.0312. The molecule has 5 unspecified atom stereocenters. The maximum absolute atomic E-state index is 12.8. The van der Waals surface area contributed by atoms with Gasteiger partial charge in [-0.05, 0) is 48.5 Å². The molecule has 0 aromatic heterocycles. The molecule has 0 aromatic rings. The van der Waals surface area contributed by atoms with E-state index in [4.69, 9.17) is 4.74 Å². The SMILES string of the molecule is C/C=C(/CO)C1C(C(=O)OC2CC(C)CCC2C(C)C)C1(C)C. The molecule has 0 radical (unpaired) electrons. The molecule has 2 rings (SSSR count). The Labute approximate surface area is 141 Å². The predicted octanol–water partition coefficient (Wildman–Crippen LogP) is 4.20. The van der Waals surface area contributed by atoms with Gasteiger partial charge in [-0.2, -0.15) is 0 Å². The van der Waals surface area contributed by atoms with Crippen molar-refractivity contribution >= 4 is 5.97 Å². The van der Waals surface area contributed by atoms with Crippen molar-refractivity contribution in [2.45, 2.75) is 66.9 Å². The Morgan fingerprint density at radius 2 is 1.96 bits per heavy atom. The highest BCUT2D eigenvalue weighted by Crippen LogP contribution is 2.62. The Bertz CT molecular complexity index is 464. The summed E-state index contributed by atoms with van der Waals surface area (Å²) in [6.07, 6.45) is 5.39. The molecule has 0 heterocycles. The summed E-state index contributed by atoms with van der Waals surface area (Å²) in [7, 11) is 0. The summed E-state index contributed by atoms with van der Waals surface area (Å²) in [4.78, 5) is 12.8. The van der Waals surface area contributed by atoms with Crippen LogP contribution in [0.3, 0.4) is 0 Å². The average Bonchev–Trinajstić information content (AvgIpc) is 3.02. The molecular weight excluding hydrogens is 288 g/mol. The van der Waals surface area contributed by atoms with Crippen molar-refractivity contribution in [1.82, 2.24) is 0 Å². The quantitative estimate of drug-likeness (QED) is 0.609. The number of hydrogen-bond acceptors (Lipinski definition) is 3. The van der Waals surface area contributed by atoms with E-state index >= 15 is 0 Å². The molecule has 5 atom stereocenters. The lowest BCUT2D eigenvalue weighted by atomic mass is 9.75. The first-order chi connectivity index (χ1) is 10.7. The largest absolute Gasteiger partial charge is 0.462 e. The van der Waals surface area contributed by atoms with Crippen molar-refractivity contribution < 1.29 is 14.6 Å². The standard InChI is InChI=1S/C20H34O3/c1-7-14(11-21)17-18(20(17,5)6)19(22)23-16-10-13(4)8-9-15(16)12(2)3/h7,12-13,15-18,21H,8-11H2,1-6H3/b14-7-. The summed E-state index contributed by atoms with van der Waals surface area (Å²) in [6.45, 7) is 12.9. The molecule has 2 aliphatic carbocycles. The number of allylic oxidation sites excluding steroid dienone is 1. The Morgan fingerprint density at radius 1 is 1.30 bits per heavy atom. The maximum atomic E-state index is 12.8. The molecule has 23 heavy (non-hydrogen) atoms. The van der Waals surface area contributed by atoms with Crippen LogP contribution in [-0.2, 0) is 9.53 Å². The number of hydrogen-bond donors (Lipinski definition) is 1. The normalized spacial score (nSPS) is 36.9. The van der Waals surface area contributed by atoms with Crippen LogP contribution in [0.2, 0.25) is 0 Å². The number of carbonyl (C=O) groups excluding carboxylic acids is 1. The van der Waals surface area contributed by atoms with Crippen molar-refractivity contribution in [3.05, 3.63) is 11.6 Å². The van der Waals surface area contributed by atoms with Crippen LogP contribution in [0.25, 0.3) is 0 Å². The van der Waals surface area contributed by atoms with Gasteiger partial charge in [0.1, 0.15) is 6.10 Å². The van der Waals surface area contributed by atoms with E-state index in [0.29, 0.717) is 17.8 Å². The number of ether oxygens (including phenoxy) is 1. The van der Waals surface area contributed by atoms with E-state index in [-0.39, 0.29) is 35.9 Å². The van der Waals surface area contributed by atoms with Gasteiger partial charge in [0.25, 0.3) is 0 Å². The van der Waals surface area contributed by atoms with Crippen LogP contribution >= 0.6 is 0 Å². The average molecular weight is 322 g/mol. The lowest BCUT2D eigenvalue weighted by Crippen LogP contribution is -2.36. The predicted molar refractivity (Wildman–Crippen MR) is 92.8 cm³/mol. The highest BCUT2D eigenvalue weighted by Gasteiger charge is 2.64. The molecule has 0 saturated heterocycles. The fraction of sp³-hybridized carbons (Fsp3) is 0.850. The smallest absolute Gasteiger partial charge is 0.310 e. The van der Waals surface area contributed by atoms with Crippen molar-refractivity contribution in [3.63, 3.8) is 0 Å². The van der Waals surface area contributed by atoms with E-state index in [2.05, 4.69) is 34.6 Å². The van der Waals surface area contributed by atoms with Gasteiger partial charge in [0.05, 0.1) is 12.5 Å². The summed E-state index contributed by atoms with van der Waals surface area (Å²) < 4.78 is 6.02. The van der Waals surface area contributed by atoms with Gasteiger partial charge in [-0.15, -0.1) is 0 Å². The lowest BCUT2D eigenvalue weighted by Gasteiger charge is -2.36. The molecule has 0 aromatic carbocycles. The van der Waals surface area contributed by atoms with E-state index in [1.165, 1.54) is 6.42 Å². The van der Waals surface area contributed by atoms with Crippen molar-refractivity contribution in [3.8, 4) is 0 Å². The minimum atomic E-state index is -0.106. The summed E-state index contributed by atoms with van der Waals surface area (Å²) in [6, 6.07) is 0. The third kappa shape index (κ3) is 3.65. The maximum Gasteiger partial charge on any atom is 0.310 e. The highest BCUT2D eigenvalue weighted by molar-refractivity contribution is 5.79. The van der Waals surface area contributed by atoms with E-state index in [0.717, 1.165) is 18.4 Å². The molecule has 3 nitrogen and oxygen atoms in total. The molecule has 0 spiro atoms. The second kappa shape index (κ2) is 6.96. The van der Waals surface area contributed by atoms with Gasteiger partial charge in [-0.3, -0.25) is 4.79 Å². The van der Waals surface area contributed by atoms with Gasteiger partial charge in [0.2, 0.25) is 0 Å². The number of aliphatic hydroxyl groups excluding tert-OH is 1. The van der Waals surface area contributed by atoms with Crippen LogP contribution < -0.4 is 0 Å². The van der Waals surface area contributed by atoms with E-state index in [9.17, 15) is 9.90 Å². The lowest BCUT2D eigenvalue weighted by molar-refractivity contribution is -0.158. The molecule has 132 valence electrons. The number of esters is 1. The fourth-order valence-electron chi connectivity index (χ4n) is 4.61. The summed E-state index contributed by atoms with van der Waals surface area (Å²) >= 11 is 0. The van der Waals surface area contributed by atoms with Crippen molar-refractivity contribution in [2.75, 3.05) is 6.61 Å². The van der Waals surface area contributed by atoms with Crippen LogP contribution in [0.15, 0.2) is 11.6 Å². The molecule has 2 saturated carbocycles. The first-order valence-corrected chi connectivity index (χ1v) is 9.20. The third-order valence-corrected chi connectivity index (χ3v) is 6.26. The second-order valence-corrected chi connectivity index (χ2v) is 8.60. The summed E-state index contributed by atoms with van der Waals surface area (Å²) in [5.41, 5.74) is 0.865. The molecule has 0 aliphatic heterocycles. The van der Waals surface area contributed by atoms with Crippen LogP contribution in [-0.4, -0.2) is 23.8 Å².